The molecule has 1 aromatic carbocycles. The van der Waals surface area contributed by atoms with E-state index in [9.17, 15) is 23.9 Å². The van der Waals surface area contributed by atoms with E-state index in [2.05, 4.69) is 20.8 Å². The predicted octanol–water partition coefficient (Wildman–Crippen LogP) is 0.494. The number of amides is 2. The first kappa shape index (κ1) is 20.3. The molecule has 2 aliphatic rings. The average Bonchev–Trinajstić information content (AvgIpc) is 3.14. The number of fused-ring (bicyclic) bond motifs is 1. The summed E-state index contributed by atoms with van der Waals surface area (Å²) in [4.78, 5) is 38.1. The first-order valence-corrected chi connectivity index (χ1v) is 10.7. The number of halogens is 1. The molecular formula is C17H15FN6O4S2. The molecule has 0 bridgehead atoms. The van der Waals surface area contributed by atoms with Crippen LogP contribution in [-0.4, -0.2) is 70.9 Å². The number of tetrazole rings is 1. The Bertz CT molecular complexity index is 1070. The van der Waals surface area contributed by atoms with Crippen LogP contribution in [0.25, 0.3) is 0 Å². The number of thioether (sulfide) groups is 2. The minimum atomic E-state index is -1.21. The van der Waals surface area contributed by atoms with Crippen LogP contribution < -0.4 is 5.32 Å². The molecule has 1 fully saturated rings. The van der Waals surface area contributed by atoms with Crippen molar-refractivity contribution in [1.82, 2.24) is 30.4 Å². The summed E-state index contributed by atoms with van der Waals surface area (Å²) in [6.45, 7) is 0. The lowest BCUT2D eigenvalue weighted by Crippen LogP contribution is -2.70. The zero-order valence-electron chi connectivity index (χ0n) is 15.5. The lowest BCUT2D eigenvalue weighted by Gasteiger charge is -2.49. The molecule has 2 aromatic rings. The normalized spacial score (nSPS) is 20.6. The number of nitrogens with zero attached hydrogens (tertiary/aromatic N) is 5. The maximum absolute atomic E-state index is 13.3. The highest BCUT2D eigenvalue weighted by molar-refractivity contribution is 8.01. The largest absolute Gasteiger partial charge is 0.477 e. The van der Waals surface area contributed by atoms with Gasteiger partial charge in [-0.1, -0.05) is 17.8 Å². The van der Waals surface area contributed by atoms with Crippen molar-refractivity contribution in [2.24, 2.45) is 7.05 Å². The van der Waals surface area contributed by atoms with E-state index in [4.69, 9.17) is 0 Å². The van der Waals surface area contributed by atoms with E-state index in [0.717, 1.165) is 6.07 Å². The second kappa shape index (κ2) is 8.07. The number of hydrogen-bond donors (Lipinski definition) is 2. The Morgan fingerprint density at radius 3 is 2.90 bits per heavy atom. The summed E-state index contributed by atoms with van der Waals surface area (Å²) in [5.74, 6) is -2.20. The van der Waals surface area contributed by atoms with E-state index in [1.165, 1.54) is 51.3 Å². The van der Waals surface area contributed by atoms with Crippen LogP contribution in [0.15, 0.2) is 40.7 Å². The molecule has 2 aliphatic heterocycles. The van der Waals surface area contributed by atoms with Gasteiger partial charge in [0.2, 0.25) is 5.16 Å². The summed E-state index contributed by atoms with van der Waals surface area (Å²) in [7, 11) is 1.67. The molecule has 1 aromatic heterocycles. The molecule has 30 heavy (non-hydrogen) atoms. The summed E-state index contributed by atoms with van der Waals surface area (Å²) in [5, 5.41) is 23.4. The molecule has 4 rings (SSSR count). The van der Waals surface area contributed by atoms with Gasteiger partial charge in [0.15, 0.2) is 0 Å². The SMILES string of the molecule is Cn1nnnc1SCC1=C(C(=O)O)N2C(=O)[C@H](NC(=O)c3cccc(F)c3)[C@H]2SC1. The van der Waals surface area contributed by atoms with Crippen molar-refractivity contribution in [2.75, 3.05) is 11.5 Å². The fourth-order valence-electron chi connectivity index (χ4n) is 3.14. The van der Waals surface area contributed by atoms with Crippen molar-refractivity contribution < 1.29 is 23.9 Å². The van der Waals surface area contributed by atoms with Gasteiger partial charge < -0.3 is 10.4 Å². The molecule has 13 heteroatoms. The van der Waals surface area contributed by atoms with Crippen molar-refractivity contribution >= 4 is 41.3 Å². The van der Waals surface area contributed by atoms with Gasteiger partial charge in [0, 0.05) is 24.1 Å². The highest BCUT2D eigenvalue weighted by Gasteiger charge is 2.54. The number of rotatable bonds is 6. The smallest absolute Gasteiger partial charge is 0.352 e. The second-order valence-electron chi connectivity index (χ2n) is 6.50. The maximum Gasteiger partial charge on any atom is 0.352 e. The number of carbonyl (C=O) groups excluding carboxylic acids is 2. The average molecular weight is 450 g/mol. The lowest BCUT2D eigenvalue weighted by molar-refractivity contribution is -0.148. The van der Waals surface area contributed by atoms with Crippen LogP contribution in [0.2, 0.25) is 0 Å². The van der Waals surface area contributed by atoms with Gasteiger partial charge in [0.05, 0.1) is 0 Å². The molecule has 3 heterocycles. The highest BCUT2D eigenvalue weighted by Crippen LogP contribution is 2.41. The summed E-state index contributed by atoms with van der Waals surface area (Å²) in [5.41, 5.74) is 0.577. The third-order valence-corrected chi connectivity index (χ3v) is 7.02. The minimum Gasteiger partial charge on any atom is -0.477 e. The molecule has 0 spiro atoms. The highest BCUT2D eigenvalue weighted by atomic mass is 32.2. The van der Waals surface area contributed by atoms with Crippen LogP contribution in [0.1, 0.15) is 10.4 Å². The van der Waals surface area contributed by atoms with Gasteiger partial charge in [-0.2, -0.15) is 0 Å². The number of carboxylic acid groups (broad SMARTS) is 1. The van der Waals surface area contributed by atoms with E-state index >= 15 is 0 Å². The number of nitrogens with one attached hydrogen (secondary N) is 1. The number of aryl methyl sites for hydroxylation is 1. The number of carbonyl (C=O) groups is 3. The van der Waals surface area contributed by atoms with E-state index in [1.807, 2.05) is 0 Å². The third kappa shape index (κ3) is 3.65. The Hall–Kier alpha value is -2.93. The van der Waals surface area contributed by atoms with E-state index in [-0.39, 0.29) is 11.3 Å². The second-order valence-corrected chi connectivity index (χ2v) is 8.55. The van der Waals surface area contributed by atoms with E-state index in [0.29, 0.717) is 22.2 Å². The fraction of sp³-hybridized carbons (Fsp3) is 0.294. The summed E-state index contributed by atoms with van der Waals surface area (Å²) >= 11 is 2.63. The van der Waals surface area contributed by atoms with Gasteiger partial charge in [-0.15, -0.1) is 16.9 Å². The van der Waals surface area contributed by atoms with Gasteiger partial charge in [0.1, 0.15) is 22.9 Å². The van der Waals surface area contributed by atoms with E-state index < -0.39 is 35.0 Å². The first-order valence-electron chi connectivity index (χ1n) is 8.68. The van der Waals surface area contributed by atoms with Crippen molar-refractivity contribution in [3.8, 4) is 0 Å². The number of aromatic nitrogens is 4. The number of carboxylic acids is 1. The quantitative estimate of drug-likeness (QED) is 0.477. The van der Waals surface area contributed by atoms with Crippen molar-refractivity contribution in [2.45, 2.75) is 16.6 Å². The van der Waals surface area contributed by atoms with Gasteiger partial charge in [-0.25, -0.2) is 13.9 Å². The maximum atomic E-state index is 13.3. The van der Waals surface area contributed by atoms with Crippen molar-refractivity contribution in [3.63, 3.8) is 0 Å². The zero-order chi connectivity index (χ0) is 21.4. The predicted molar refractivity (Wildman–Crippen MR) is 105 cm³/mol. The van der Waals surface area contributed by atoms with Gasteiger partial charge in [-0.05, 0) is 34.2 Å². The number of benzene rings is 1. The third-order valence-electron chi connectivity index (χ3n) is 4.58. The summed E-state index contributed by atoms with van der Waals surface area (Å²) in [6.07, 6.45) is 0. The van der Waals surface area contributed by atoms with Crippen LogP contribution in [0, 0.1) is 5.82 Å². The van der Waals surface area contributed by atoms with Crippen LogP contribution >= 0.6 is 23.5 Å². The van der Waals surface area contributed by atoms with Crippen molar-refractivity contribution in [3.05, 3.63) is 46.9 Å². The zero-order valence-corrected chi connectivity index (χ0v) is 17.1. The first-order chi connectivity index (χ1) is 14.4. The molecule has 0 aliphatic carbocycles. The molecule has 0 unspecified atom stereocenters. The molecule has 0 radical (unpaired) electrons. The Labute approximate surface area is 177 Å². The molecule has 0 saturated carbocycles. The fourth-order valence-corrected chi connectivity index (χ4v) is 5.48. The Balaban J connectivity index is 1.49. The summed E-state index contributed by atoms with van der Waals surface area (Å²) in [6, 6.07) is 4.24. The van der Waals surface area contributed by atoms with E-state index in [1.54, 1.807) is 7.05 Å². The topological polar surface area (TPSA) is 130 Å². The van der Waals surface area contributed by atoms with Gasteiger partial charge in [0.25, 0.3) is 11.8 Å². The van der Waals surface area contributed by atoms with Crippen LogP contribution in [0.5, 0.6) is 0 Å². The molecule has 2 atom stereocenters. The van der Waals surface area contributed by atoms with Gasteiger partial charge >= 0.3 is 5.97 Å². The molecule has 2 amide bonds. The molecule has 10 nitrogen and oxygen atoms in total. The van der Waals surface area contributed by atoms with Crippen LogP contribution in [0.3, 0.4) is 0 Å². The standard InChI is InChI=1S/C17H15FN6O4S2/c1-23-17(20-21-22-23)30-7-9-6-29-15-11(14(26)24(15)12(9)16(27)28)19-13(25)8-3-2-4-10(18)5-8/h2-5,11,15H,6-7H2,1H3,(H,19,25)(H,27,28)/t11-,15+/m0/s1. The number of aliphatic carboxylic acids is 1. The van der Waals surface area contributed by atoms with Crippen LogP contribution in [0.4, 0.5) is 4.39 Å². The Morgan fingerprint density at radius 1 is 1.43 bits per heavy atom. The van der Waals surface area contributed by atoms with Crippen molar-refractivity contribution in [1.29, 1.82) is 0 Å². The minimum absolute atomic E-state index is 0.0809. The molecule has 156 valence electrons. The molecule has 2 N–H and O–H groups in total. The van der Waals surface area contributed by atoms with Crippen LogP contribution in [-0.2, 0) is 16.6 Å². The van der Waals surface area contributed by atoms with Gasteiger partial charge in [-0.3, -0.25) is 14.5 Å². The number of hydrogen-bond acceptors (Lipinski definition) is 8. The number of β-lactam (4-membered cyclic amide) rings is 1. The Kier molecular flexibility index (Phi) is 5.47. The Morgan fingerprint density at radius 2 is 2.23 bits per heavy atom. The molecule has 1 saturated heterocycles. The molecular weight excluding hydrogens is 435 g/mol. The monoisotopic (exact) mass is 450 g/mol. The lowest BCUT2D eigenvalue weighted by atomic mass is 10.0. The summed E-state index contributed by atoms with van der Waals surface area (Å²) < 4.78 is 14.8.